The van der Waals surface area contributed by atoms with E-state index in [4.69, 9.17) is 5.73 Å². The molecule has 3 N–H and O–H groups in total. The van der Waals surface area contributed by atoms with E-state index < -0.39 is 11.7 Å². The molecule has 2 rings (SSSR count). The number of carbonyl (C=O) groups excluding carboxylic acids is 1. The first-order valence-electron chi connectivity index (χ1n) is 7.07. The van der Waals surface area contributed by atoms with Crippen molar-refractivity contribution in [2.24, 2.45) is 0 Å². The van der Waals surface area contributed by atoms with E-state index in [-0.39, 0.29) is 19.0 Å². The Morgan fingerprint density at radius 1 is 1.38 bits per heavy atom. The molecule has 0 aliphatic rings. The monoisotopic (exact) mass is 358 g/mol. The highest BCUT2D eigenvalue weighted by atomic mass is 32.1. The van der Waals surface area contributed by atoms with Gasteiger partial charge in [0.1, 0.15) is 0 Å². The van der Waals surface area contributed by atoms with E-state index >= 15 is 0 Å². The maximum absolute atomic E-state index is 12.8. The van der Waals surface area contributed by atoms with E-state index in [2.05, 4.69) is 10.3 Å². The molecule has 1 amide bonds. The summed E-state index contributed by atoms with van der Waals surface area (Å²) in [6.45, 7) is 0.637. The van der Waals surface area contributed by atoms with Crippen molar-refractivity contribution in [2.75, 3.05) is 19.3 Å². The number of hydrogen-bond acceptors (Lipinski definition) is 5. The number of halogens is 3. The number of benzene rings is 1. The Balaban J connectivity index is 2.16. The van der Waals surface area contributed by atoms with Gasteiger partial charge in [0.2, 0.25) is 5.91 Å². The van der Waals surface area contributed by atoms with Gasteiger partial charge in [0, 0.05) is 31.2 Å². The molecule has 0 atom stereocenters. The summed E-state index contributed by atoms with van der Waals surface area (Å²) >= 11 is 1.28. The topological polar surface area (TPSA) is 71.2 Å². The minimum absolute atomic E-state index is 0.0601. The number of rotatable bonds is 6. The summed E-state index contributed by atoms with van der Waals surface area (Å²) in [6, 6.07) is 5.09. The lowest BCUT2D eigenvalue weighted by Gasteiger charge is -2.21. The number of thiazole rings is 1. The van der Waals surface area contributed by atoms with Gasteiger partial charge in [-0.25, -0.2) is 4.98 Å². The molecule has 0 radical (unpaired) electrons. The molecule has 0 aliphatic carbocycles. The normalized spacial score (nSPS) is 11.7. The molecule has 0 aliphatic heterocycles. The number of nitrogens with two attached hydrogens (primary N) is 1. The maximum atomic E-state index is 12.8. The van der Waals surface area contributed by atoms with Crippen molar-refractivity contribution >= 4 is 22.4 Å². The number of alkyl halides is 3. The molecule has 9 heteroatoms. The first-order valence-corrected chi connectivity index (χ1v) is 7.89. The van der Waals surface area contributed by atoms with Crippen LogP contribution in [0.2, 0.25) is 0 Å². The summed E-state index contributed by atoms with van der Waals surface area (Å²) in [4.78, 5) is 18.2. The van der Waals surface area contributed by atoms with Crippen LogP contribution in [0, 0.1) is 0 Å². The van der Waals surface area contributed by atoms with Crippen molar-refractivity contribution in [3.05, 3.63) is 46.5 Å². The summed E-state index contributed by atoms with van der Waals surface area (Å²) in [5, 5.41) is 2.92. The highest BCUT2D eigenvalue weighted by molar-refractivity contribution is 7.15. The van der Waals surface area contributed by atoms with E-state index in [0.717, 1.165) is 17.0 Å². The van der Waals surface area contributed by atoms with Crippen LogP contribution in [0.4, 0.5) is 18.3 Å². The average Bonchev–Trinajstić information content (AvgIpc) is 2.91. The lowest BCUT2D eigenvalue weighted by molar-refractivity contribution is -0.137. The second kappa shape index (κ2) is 7.63. The number of nitrogens with one attached hydrogen (secondary N) is 1. The van der Waals surface area contributed by atoms with Gasteiger partial charge in [-0.1, -0.05) is 18.2 Å². The van der Waals surface area contributed by atoms with Crippen molar-refractivity contribution in [1.29, 1.82) is 0 Å². The zero-order valence-electron chi connectivity index (χ0n) is 12.9. The molecule has 1 heterocycles. The summed E-state index contributed by atoms with van der Waals surface area (Å²) in [7, 11) is 1.51. The third-order valence-electron chi connectivity index (χ3n) is 3.26. The van der Waals surface area contributed by atoms with Crippen molar-refractivity contribution in [2.45, 2.75) is 19.3 Å². The first-order chi connectivity index (χ1) is 11.3. The predicted octanol–water partition coefficient (Wildman–Crippen LogP) is 2.49. The molecule has 0 unspecified atom stereocenters. The Bertz CT molecular complexity index is 702. The predicted molar refractivity (Wildman–Crippen MR) is 86.2 cm³/mol. The van der Waals surface area contributed by atoms with E-state index in [1.54, 1.807) is 17.2 Å². The van der Waals surface area contributed by atoms with E-state index in [1.807, 2.05) is 0 Å². The molecule has 0 saturated carbocycles. The Kier molecular flexibility index (Phi) is 5.79. The van der Waals surface area contributed by atoms with E-state index in [0.29, 0.717) is 17.2 Å². The lowest BCUT2D eigenvalue weighted by atomic mass is 10.1. The van der Waals surface area contributed by atoms with Gasteiger partial charge in [-0.15, -0.1) is 11.3 Å². The van der Waals surface area contributed by atoms with E-state index in [1.165, 1.54) is 24.5 Å². The number of likely N-dealkylation sites (N-methyl/N-ethyl adjacent to an activating group) is 1. The largest absolute Gasteiger partial charge is 0.416 e. The average molecular weight is 358 g/mol. The lowest BCUT2D eigenvalue weighted by Crippen LogP contribution is -2.34. The molecular formula is C15H17F3N4OS. The molecule has 0 bridgehead atoms. The quantitative estimate of drug-likeness (QED) is 0.832. The third kappa shape index (κ3) is 5.20. The fraction of sp³-hybridized carbons (Fsp3) is 0.333. The summed E-state index contributed by atoms with van der Waals surface area (Å²) in [5.41, 5.74) is 5.36. The van der Waals surface area contributed by atoms with Gasteiger partial charge >= 0.3 is 6.18 Å². The van der Waals surface area contributed by atoms with Crippen LogP contribution in [0.5, 0.6) is 0 Å². The van der Waals surface area contributed by atoms with Crippen LogP contribution in [0.25, 0.3) is 0 Å². The molecule has 5 nitrogen and oxygen atoms in total. The van der Waals surface area contributed by atoms with Crippen LogP contribution < -0.4 is 11.1 Å². The molecule has 0 fully saturated rings. The van der Waals surface area contributed by atoms with Crippen LogP contribution >= 0.6 is 11.3 Å². The highest BCUT2D eigenvalue weighted by Crippen LogP contribution is 2.30. The summed E-state index contributed by atoms with van der Waals surface area (Å²) in [5.74, 6) is -0.223. The number of amides is 1. The fourth-order valence-corrected chi connectivity index (χ4v) is 2.90. The first kappa shape index (κ1) is 18.2. The highest BCUT2D eigenvalue weighted by Gasteiger charge is 2.30. The molecule has 24 heavy (non-hydrogen) atoms. The van der Waals surface area contributed by atoms with Crippen molar-refractivity contribution in [3.63, 3.8) is 0 Å². The number of aromatic nitrogens is 1. The zero-order valence-corrected chi connectivity index (χ0v) is 13.7. The Morgan fingerprint density at radius 2 is 2.12 bits per heavy atom. The Labute approximate surface area is 141 Å². The van der Waals surface area contributed by atoms with Crippen molar-refractivity contribution in [3.8, 4) is 0 Å². The van der Waals surface area contributed by atoms with Crippen LogP contribution in [0.15, 0.2) is 30.5 Å². The van der Waals surface area contributed by atoms with Gasteiger partial charge in [0.25, 0.3) is 0 Å². The zero-order chi connectivity index (χ0) is 17.7. The molecule has 130 valence electrons. The van der Waals surface area contributed by atoms with Crippen molar-refractivity contribution < 1.29 is 18.0 Å². The van der Waals surface area contributed by atoms with Crippen LogP contribution in [0.1, 0.15) is 16.0 Å². The number of nitrogen functional groups attached to an aromatic ring is 1. The summed E-state index contributed by atoms with van der Waals surface area (Å²) < 4.78 is 38.5. The van der Waals surface area contributed by atoms with Crippen LogP contribution in [-0.2, 0) is 24.1 Å². The molecule has 1 aromatic carbocycles. The summed E-state index contributed by atoms with van der Waals surface area (Å²) in [6.07, 6.45) is -2.79. The van der Waals surface area contributed by atoms with Gasteiger partial charge < -0.3 is 11.1 Å². The van der Waals surface area contributed by atoms with Crippen molar-refractivity contribution in [1.82, 2.24) is 15.2 Å². The number of nitrogens with zero attached hydrogens (tertiary/aromatic N) is 2. The van der Waals surface area contributed by atoms with Gasteiger partial charge in [-0.3, -0.25) is 9.69 Å². The smallest absolute Gasteiger partial charge is 0.375 e. The number of anilines is 1. The van der Waals surface area contributed by atoms with Crippen LogP contribution in [-0.4, -0.2) is 29.4 Å². The minimum Gasteiger partial charge on any atom is -0.375 e. The minimum atomic E-state index is -4.40. The Morgan fingerprint density at radius 3 is 2.71 bits per heavy atom. The standard InChI is InChI=1S/C15H17F3N4OS/c1-20-13(23)9-22(8-12-6-21-14(19)24-12)7-10-3-2-4-11(5-10)15(16,17)18/h2-6H,7-9H2,1H3,(H2,19,21)(H,20,23). The van der Waals surface area contributed by atoms with Crippen LogP contribution in [0.3, 0.4) is 0 Å². The van der Waals surface area contributed by atoms with Gasteiger partial charge in [-0.2, -0.15) is 13.2 Å². The number of hydrogen-bond donors (Lipinski definition) is 2. The molecule has 0 saturated heterocycles. The van der Waals surface area contributed by atoms with Gasteiger partial charge in [0.15, 0.2) is 5.13 Å². The number of carbonyl (C=O) groups is 1. The second-order valence-electron chi connectivity index (χ2n) is 5.18. The van der Waals surface area contributed by atoms with Gasteiger partial charge in [0.05, 0.1) is 12.1 Å². The molecule has 1 aromatic heterocycles. The maximum Gasteiger partial charge on any atom is 0.416 e. The second-order valence-corrected chi connectivity index (χ2v) is 6.33. The molecule has 2 aromatic rings. The van der Waals surface area contributed by atoms with Gasteiger partial charge in [-0.05, 0) is 11.6 Å². The molecule has 0 spiro atoms. The SMILES string of the molecule is CNC(=O)CN(Cc1cccc(C(F)(F)F)c1)Cc1cnc(N)s1. The Hall–Kier alpha value is -2.13. The fourth-order valence-electron chi connectivity index (χ4n) is 2.17. The van der Waals surface area contributed by atoms with E-state index in [9.17, 15) is 18.0 Å². The third-order valence-corrected chi connectivity index (χ3v) is 4.07. The molecular weight excluding hydrogens is 341 g/mol.